The van der Waals surface area contributed by atoms with Crippen molar-refractivity contribution in [1.29, 1.82) is 0 Å². The first-order valence-corrected chi connectivity index (χ1v) is 15.6. The molecule has 0 saturated carbocycles. The van der Waals surface area contributed by atoms with Crippen molar-refractivity contribution in [2.45, 2.75) is 0 Å². The minimum Gasteiger partial charge on any atom is -0.519 e. The third-order valence-electron chi connectivity index (χ3n) is 8.94. The lowest BCUT2D eigenvalue weighted by atomic mass is 9.75. The molecular weight excluding hydrogens is 893 g/mol. The van der Waals surface area contributed by atoms with Crippen molar-refractivity contribution < 1.29 is 106 Å². The lowest BCUT2D eigenvalue weighted by molar-refractivity contribution is 0.361. The summed E-state index contributed by atoms with van der Waals surface area (Å²) < 4.78 is 338. The summed E-state index contributed by atoms with van der Waals surface area (Å²) >= 11 is 0. The van der Waals surface area contributed by atoms with Crippen molar-refractivity contribution in [3.63, 3.8) is 0 Å². The maximum absolute atomic E-state index is 16.2. The van der Waals surface area contributed by atoms with Crippen LogP contribution in [0, 0.1) is 128 Å². The molecule has 0 N–H and O–H groups in total. The van der Waals surface area contributed by atoms with Crippen LogP contribution in [0.5, 0.6) is 11.5 Å². The number of hydrogen-bond acceptors (Lipinski definition) is 2. The van der Waals surface area contributed by atoms with Gasteiger partial charge in [0.15, 0.2) is 105 Å². The quantitative estimate of drug-likeness (QED) is 0.0544. The van der Waals surface area contributed by atoms with Crippen LogP contribution in [0.25, 0.3) is 43.4 Å². The third kappa shape index (κ3) is 5.85. The van der Waals surface area contributed by atoms with Crippen LogP contribution in [0.15, 0.2) is 18.2 Å². The Balaban J connectivity index is 1.65. The van der Waals surface area contributed by atoms with Crippen molar-refractivity contribution >= 4 is 44.9 Å². The summed E-state index contributed by atoms with van der Waals surface area (Å²) in [6.45, 7) is 0. The van der Waals surface area contributed by atoms with E-state index in [1.807, 2.05) is 0 Å². The Hall–Kier alpha value is -6.56. The van der Waals surface area contributed by atoms with Crippen molar-refractivity contribution in [2.75, 3.05) is 0 Å². The van der Waals surface area contributed by atoms with Crippen molar-refractivity contribution in [3.05, 3.63) is 146 Å². The van der Waals surface area contributed by atoms with Crippen LogP contribution < -0.4 is 14.8 Å². The minimum atomic E-state index is -3.78. The summed E-state index contributed by atoms with van der Waals surface area (Å²) in [5, 5.41) is -12.9. The molecule has 0 bridgehead atoms. The second-order valence-corrected chi connectivity index (χ2v) is 12.2. The summed E-state index contributed by atoms with van der Waals surface area (Å²) in [6.07, 6.45) is 0. The molecule has 0 spiro atoms. The summed E-state index contributed by atoms with van der Waals surface area (Å²) in [5.41, 5.74) is -7.18. The second kappa shape index (κ2) is 14.6. The first kappa shape index (κ1) is 42.6. The fraction of sp³-hybridized carbons (Fsp3) is 0. The highest BCUT2D eigenvalue weighted by atomic mass is 19.2. The second-order valence-electron chi connectivity index (χ2n) is 12.2. The van der Waals surface area contributed by atoms with E-state index in [-0.39, 0.29) is 6.07 Å². The predicted molar refractivity (Wildman–Crippen MR) is 163 cm³/mol. The zero-order chi connectivity index (χ0) is 45.2. The van der Waals surface area contributed by atoms with E-state index < -0.39 is 196 Å². The molecule has 0 aliphatic carbocycles. The molecule has 0 saturated heterocycles. The molecule has 7 rings (SSSR count). The molecule has 0 fully saturated rings. The minimum absolute atomic E-state index is 0.193. The average molecular weight is 896 g/mol. The topological polar surface area (TPSA) is 18.5 Å². The SMILES string of the molecule is Fc1c(F)c(F)c(-c2c(F)c(F)c(F)c(F)c2OB(Oc2c(F)c(F)c(F)c3c(F)c4c(F)c(F)c(F)c(F)c4c(F)c23)c2cccc3c(F)c(F)c(F)c(F)c23)c(F)c1F. The largest absolute Gasteiger partial charge is 0.633 e. The maximum Gasteiger partial charge on any atom is 0.633 e. The van der Waals surface area contributed by atoms with Crippen LogP contribution >= 0.6 is 0 Å². The van der Waals surface area contributed by atoms with Crippen molar-refractivity contribution in [1.82, 2.24) is 0 Å². The zero-order valence-electron chi connectivity index (χ0n) is 27.9. The van der Waals surface area contributed by atoms with Gasteiger partial charge in [0.25, 0.3) is 0 Å². The first-order chi connectivity index (χ1) is 28.5. The first-order valence-electron chi connectivity index (χ1n) is 15.6. The summed E-state index contributed by atoms with van der Waals surface area (Å²) in [6, 6.07) is 0.959. The van der Waals surface area contributed by atoms with Crippen molar-refractivity contribution in [3.8, 4) is 22.6 Å². The fourth-order valence-electron chi connectivity index (χ4n) is 6.21. The fourth-order valence-corrected chi connectivity index (χ4v) is 6.21. The van der Waals surface area contributed by atoms with E-state index in [4.69, 9.17) is 9.31 Å². The van der Waals surface area contributed by atoms with Gasteiger partial charge in [-0.3, -0.25) is 0 Å². The van der Waals surface area contributed by atoms with E-state index in [0.29, 0.717) is 12.1 Å². The number of halogens is 22. The van der Waals surface area contributed by atoms with E-state index >= 15 is 43.9 Å². The van der Waals surface area contributed by atoms with Gasteiger partial charge in [-0.1, -0.05) is 18.2 Å². The Morgan fingerprint density at radius 2 is 0.590 bits per heavy atom. The van der Waals surface area contributed by atoms with E-state index in [9.17, 15) is 52.7 Å². The molecule has 0 unspecified atom stereocenters. The molecule has 7 aromatic rings. The maximum atomic E-state index is 16.2. The summed E-state index contributed by atoms with van der Waals surface area (Å²) in [7, 11) is -3.78. The average Bonchev–Trinajstić information content (AvgIpc) is 3.24. The molecule has 61 heavy (non-hydrogen) atoms. The normalized spacial score (nSPS) is 11.8. The van der Waals surface area contributed by atoms with Gasteiger partial charge in [-0.15, -0.1) is 0 Å². The molecule has 2 nitrogen and oxygen atoms in total. The lowest BCUT2D eigenvalue weighted by Crippen LogP contribution is -2.44. The van der Waals surface area contributed by atoms with Gasteiger partial charge in [0.1, 0.15) is 11.6 Å². The van der Waals surface area contributed by atoms with Crippen molar-refractivity contribution in [2.24, 2.45) is 0 Å². The van der Waals surface area contributed by atoms with Crippen LogP contribution in [-0.2, 0) is 0 Å². The van der Waals surface area contributed by atoms with Gasteiger partial charge in [0.2, 0.25) is 23.3 Å². The van der Waals surface area contributed by atoms with Crippen LogP contribution in [0.4, 0.5) is 96.6 Å². The summed E-state index contributed by atoms with van der Waals surface area (Å²) in [4.78, 5) is 0. The zero-order valence-corrected chi connectivity index (χ0v) is 27.9. The Morgan fingerprint density at radius 3 is 1.10 bits per heavy atom. The van der Waals surface area contributed by atoms with Gasteiger partial charge in [0, 0.05) is 16.2 Å². The number of fused-ring (bicyclic) bond motifs is 3. The molecule has 0 heterocycles. The molecule has 0 aromatic heterocycles. The standard InChI is InChI=1S/C36H3BF22O2/c38-13-4-2-1-3-5(6(4)16(41)24(49)23(13)48)37(61-36-12(22(47)29(54)32(57)34(36)59)10-20(45)27(52)31(56)28(53)21(10)46)60-35-11-9(19(44)30(55)33(35)58)14(39)7-8(15(11)40)18(43)26(51)25(50)17(7)42/h1-3H. The highest BCUT2D eigenvalue weighted by Crippen LogP contribution is 2.46. The number of hydrogen-bond donors (Lipinski definition) is 0. The molecule has 0 radical (unpaired) electrons. The van der Waals surface area contributed by atoms with E-state index in [1.165, 1.54) is 0 Å². The highest BCUT2D eigenvalue weighted by Gasteiger charge is 2.42. The van der Waals surface area contributed by atoms with Gasteiger partial charge < -0.3 is 9.31 Å². The molecule has 0 amide bonds. The number of benzene rings is 7. The van der Waals surface area contributed by atoms with Gasteiger partial charge in [-0.05, 0) is 0 Å². The van der Waals surface area contributed by atoms with Crippen LogP contribution in [0.2, 0.25) is 0 Å². The Bertz CT molecular complexity index is 3110. The Kier molecular flexibility index (Phi) is 10.2. The molecule has 316 valence electrons. The smallest absolute Gasteiger partial charge is 0.519 e. The third-order valence-corrected chi connectivity index (χ3v) is 8.94. The molecular formula is C36H3BF22O2. The van der Waals surface area contributed by atoms with Crippen LogP contribution in [0.3, 0.4) is 0 Å². The molecule has 0 aliphatic heterocycles. The monoisotopic (exact) mass is 896 g/mol. The molecule has 7 aromatic carbocycles. The lowest BCUT2D eigenvalue weighted by Gasteiger charge is -2.23. The van der Waals surface area contributed by atoms with Gasteiger partial charge in [0.05, 0.1) is 32.7 Å². The van der Waals surface area contributed by atoms with Crippen LogP contribution in [0.1, 0.15) is 0 Å². The van der Waals surface area contributed by atoms with Crippen LogP contribution in [-0.4, -0.2) is 7.12 Å². The highest BCUT2D eigenvalue weighted by molar-refractivity contribution is 6.66. The number of rotatable bonds is 6. The van der Waals surface area contributed by atoms with E-state index in [0.717, 1.165) is 0 Å². The predicted octanol–water partition coefficient (Wildman–Crippen LogP) is 11.7. The van der Waals surface area contributed by atoms with E-state index in [2.05, 4.69) is 0 Å². The van der Waals surface area contributed by atoms with Gasteiger partial charge in [-0.2, -0.15) is 8.78 Å². The van der Waals surface area contributed by atoms with E-state index in [1.54, 1.807) is 0 Å². The molecule has 0 aliphatic rings. The Labute approximate surface area is 319 Å². The Morgan fingerprint density at radius 1 is 0.262 bits per heavy atom. The molecule has 0 atom stereocenters. The molecule has 25 heteroatoms. The summed E-state index contributed by atoms with van der Waals surface area (Å²) in [5.74, 6) is -70.0. The van der Waals surface area contributed by atoms with Gasteiger partial charge in [-0.25, -0.2) is 87.8 Å². The van der Waals surface area contributed by atoms with Gasteiger partial charge >= 0.3 is 7.12 Å².